The van der Waals surface area contributed by atoms with Crippen LogP contribution in [0.3, 0.4) is 0 Å². The summed E-state index contributed by atoms with van der Waals surface area (Å²) in [6, 6.07) is 3.88. The molecule has 2 heterocycles. The van der Waals surface area contributed by atoms with Crippen LogP contribution in [-0.2, 0) is 0 Å². The minimum Gasteiger partial charge on any atom is -0.481 e. The van der Waals surface area contributed by atoms with Gasteiger partial charge < -0.3 is 9.72 Å². The molecule has 0 unspecified atom stereocenters. The predicted molar refractivity (Wildman–Crippen MR) is 42.6 cm³/mol. The highest BCUT2D eigenvalue weighted by molar-refractivity contribution is 5.79. The van der Waals surface area contributed by atoms with E-state index in [-0.39, 0.29) is 0 Å². The molecule has 1 N–H and O–H groups in total. The van der Waals surface area contributed by atoms with Crippen LogP contribution in [0.1, 0.15) is 0 Å². The van der Waals surface area contributed by atoms with Gasteiger partial charge in [0.15, 0.2) is 0 Å². The first-order chi connectivity index (χ1) is 5.40. The number of hydrogen-bond acceptors (Lipinski definition) is 2. The minimum absolute atomic E-state index is 0.650. The molecule has 3 nitrogen and oxygen atoms in total. The van der Waals surface area contributed by atoms with Gasteiger partial charge in [-0.05, 0) is 6.07 Å². The van der Waals surface area contributed by atoms with E-state index in [1.165, 1.54) is 0 Å². The summed E-state index contributed by atoms with van der Waals surface area (Å²) in [5.74, 6) is 0.650. The van der Waals surface area contributed by atoms with Gasteiger partial charge >= 0.3 is 0 Å². The molecule has 2 rings (SSSR count). The summed E-state index contributed by atoms with van der Waals surface area (Å²) in [7, 11) is 1.61. The second-order valence-corrected chi connectivity index (χ2v) is 2.29. The van der Waals surface area contributed by atoms with E-state index in [9.17, 15) is 0 Å². The molecule has 0 radical (unpaired) electrons. The number of H-pyrrole nitrogens is 1. The Kier molecular flexibility index (Phi) is 1.28. The third kappa shape index (κ3) is 0.941. The maximum atomic E-state index is 4.97. The van der Waals surface area contributed by atoms with Gasteiger partial charge in [-0.3, -0.25) is 0 Å². The Labute approximate surface area is 64.0 Å². The first kappa shape index (κ1) is 6.22. The maximum absolute atomic E-state index is 4.97. The van der Waals surface area contributed by atoms with Crippen LogP contribution in [0.4, 0.5) is 0 Å². The van der Waals surface area contributed by atoms with E-state index < -0.39 is 0 Å². The van der Waals surface area contributed by atoms with Crippen LogP contribution in [0.2, 0.25) is 0 Å². The Balaban J connectivity index is 2.67. The van der Waals surface area contributed by atoms with Crippen molar-refractivity contribution in [2.24, 2.45) is 0 Å². The van der Waals surface area contributed by atoms with Crippen LogP contribution in [0.25, 0.3) is 10.9 Å². The van der Waals surface area contributed by atoms with E-state index in [1.54, 1.807) is 13.3 Å². The molecule has 0 saturated carbocycles. The molecule has 2 aromatic heterocycles. The normalized spacial score (nSPS) is 10.3. The van der Waals surface area contributed by atoms with Crippen molar-refractivity contribution >= 4 is 10.9 Å². The van der Waals surface area contributed by atoms with Crippen LogP contribution >= 0.6 is 0 Å². The molecule has 2 aromatic rings. The topological polar surface area (TPSA) is 37.9 Å². The summed E-state index contributed by atoms with van der Waals surface area (Å²) < 4.78 is 4.97. The lowest BCUT2D eigenvalue weighted by Gasteiger charge is -1.96. The Bertz CT molecular complexity index is 367. The maximum Gasteiger partial charge on any atom is 0.213 e. The third-order valence-electron chi connectivity index (χ3n) is 1.62. The largest absolute Gasteiger partial charge is 0.481 e. The average Bonchev–Trinajstić information content (AvgIpc) is 2.50. The van der Waals surface area contributed by atoms with Crippen molar-refractivity contribution in [3.8, 4) is 5.88 Å². The number of nitrogens with zero attached hydrogens (tertiary/aromatic N) is 1. The van der Waals surface area contributed by atoms with E-state index in [4.69, 9.17) is 4.74 Å². The first-order valence-electron chi connectivity index (χ1n) is 3.37. The molecule has 3 heteroatoms. The van der Waals surface area contributed by atoms with E-state index in [2.05, 4.69) is 9.97 Å². The van der Waals surface area contributed by atoms with Gasteiger partial charge in [-0.15, -0.1) is 0 Å². The molecule has 11 heavy (non-hydrogen) atoms. The Hall–Kier alpha value is -1.51. The summed E-state index contributed by atoms with van der Waals surface area (Å²) in [5.41, 5.74) is 1.03. The third-order valence-corrected chi connectivity index (χ3v) is 1.62. The number of nitrogens with one attached hydrogen (secondary N) is 1. The van der Waals surface area contributed by atoms with Gasteiger partial charge in [0.1, 0.15) is 0 Å². The molecule has 0 aliphatic carbocycles. The lowest BCUT2D eigenvalue weighted by Crippen LogP contribution is -1.85. The zero-order valence-electron chi connectivity index (χ0n) is 6.16. The van der Waals surface area contributed by atoms with Crippen molar-refractivity contribution < 1.29 is 4.74 Å². The highest BCUT2D eigenvalue weighted by Crippen LogP contribution is 2.15. The number of pyridine rings is 1. The van der Waals surface area contributed by atoms with Crippen LogP contribution in [-0.4, -0.2) is 17.1 Å². The van der Waals surface area contributed by atoms with Crippen LogP contribution in [0.5, 0.6) is 5.88 Å². The molecule has 0 aliphatic rings. The first-order valence-corrected chi connectivity index (χ1v) is 3.37. The summed E-state index contributed by atoms with van der Waals surface area (Å²) in [6.07, 6.45) is 3.64. The number of aromatic amines is 1. The highest BCUT2D eigenvalue weighted by Gasteiger charge is 1.96. The molecule has 0 spiro atoms. The Morgan fingerprint density at radius 1 is 1.55 bits per heavy atom. The summed E-state index contributed by atoms with van der Waals surface area (Å²) in [6.45, 7) is 0. The average molecular weight is 148 g/mol. The number of rotatable bonds is 1. The van der Waals surface area contributed by atoms with E-state index in [0.29, 0.717) is 5.88 Å². The summed E-state index contributed by atoms with van der Waals surface area (Å²) in [5, 5.41) is 1.12. The summed E-state index contributed by atoms with van der Waals surface area (Å²) in [4.78, 5) is 7.10. The number of hydrogen-bond donors (Lipinski definition) is 1. The molecule has 0 aliphatic heterocycles. The molecule has 0 saturated heterocycles. The van der Waals surface area contributed by atoms with Crippen LogP contribution in [0, 0.1) is 0 Å². The van der Waals surface area contributed by atoms with E-state index in [1.807, 2.05) is 18.3 Å². The second kappa shape index (κ2) is 2.27. The fraction of sp³-hybridized carbons (Fsp3) is 0.125. The van der Waals surface area contributed by atoms with Crippen molar-refractivity contribution in [3.63, 3.8) is 0 Å². The smallest absolute Gasteiger partial charge is 0.213 e. The van der Waals surface area contributed by atoms with Crippen LogP contribution < -0.4 is 4.74 Å². The molecule has 0 atom stereocenters. The zero-order valence-corrected chi connectivity index (χ0v) is 6.16. The van der Waals surface area contributed by atoms with Crippen molar-refractivity contribution in [1.82, 2.24) is 9.97 Å². The van der Waals surface area contributed by atoms with Gasteiger partial charge in [-0.2, -0.15) is 0 Å². The molecular formula is C8H8N2O. The SMILES string of the molecule is COc1cc2cc[nH]c2cn1. The minimum atomic E-state index is 0.650. The van der Waals surface area contributed by atoms with Crippen molar-refractivity contribution in [2.45, 2.75) is 0 Å². The monoisotopic (exact) mass is 148 g/mol. The van der Waals surface area contributed by atoms with Crippen molar-refractivity contribution in [1.29, 1.82) is 0 Å². The molecule has 0 amide bonds. The number of aromatic nitrogens is 2. The fourth-order valence-electron chi connectivity index (χ4n) is 1.04. The Morgan fingerprint density at radius 3 is 3.27 bits per heavy atom. The number of ether oxygens (including phenoxy) is 1. The van der Waals surface area contributed by atoms with Crippen LogP contribution in [0.15, 0.2) is 24.5 Å². The summed E-state index contributed by atoms with van der Waals surface area (Å²) >= 11 is 0. The van der Waals surface area contributed by atoms with Gasteiger partial charge in [0, 0.05) is 17.6 Å². The molecule has 0 aromatic carbocycles. The Morgan fingerprint density at radius 2 is 2.45 bits per heavy atom. The lowest BCUT2D eigenvalue weighted by molar-refractivity contribution is 0.399. The molecule has 56 valence electrons. The zero-order chi connectivity index (χ0) is 7.68. The molecule has 0 bridgehead atoms. The van der Waals surface area contributed by atoms with Gasteiger partial charge in [0.2, 0.25) is 5.88 Å². The van der Waals surface area contributed by atoms with Gasteiger partial charge in [0.25, 0.3) is 0 Å². The van der Waals surface area contributed by atoms with Crippen molar-refractivity contribution in [3.05, 3.63) is 24.5 Å². The predicted octanol–water partition coefficient (Wildman–Crippen LogP) is 1.57. The number of methoxy groups -OCH3 is 1. The van der Waals surface area contributed by atoms with E-state index in [0.717, 1.165) is 10.9 Å². The lowest BCUT2D eigenvalue weighted by atomic mass is 10.3. The van der Waals surface area contributed by atoms with Gasteiger partial charge in [-0.1, -0.05) is 0 Å². The standard InChI is InChI=1S/C8H8N2O/c1-11-8-4-6-2-3-9-7(6)5-10-8/h2-5,9H,1H3. The van der Waals surface area contributed by atoms with Crippen molar-refractivity contribution in [2.75, 3.05) is 7.11 Å². The molecule has 0 fully saturated rings. The fourth-order valence-corrected chi connectivity index (χ4v) is 1.04. The van der Waals surface area contributed by atoms with Gasteiger partial charge in [-0.25, -0.2) is 4.98 Å². The van der Waals surface area contributed by atoms with Gasteiger partial charge in [0.05, 0.1) is 18.8 Å². The quantitative estimate of drug-likeness (QED) is 0.666. The number of fused-ring (bicyclic) bond motifs is 1. The molecular weight excluding hydrogens is 140 g/mol. The highest BCUT2D eigenvalue weighted by atomic mass is 16.5. The van der Waals surface area contributed by atoms with E-state index >= 15 is 0 Å². The second-order valence-electron chi connectivity index (χ2n) is 2.29.